The number of likely N-dealkylation sites (N-methyl/N-ethyl adjacent to an activating group) is 1. The van der Waals surface area contributed by atoms with Crippen molar-refractivity contribution in [2.75, 3.05) is 34.3 Å². The van der Waals surface area contributed by atoms with Crippen molar-refractivity contribution in [1.29, 1.82) is 0 Å². The van der Waals surface area contributed by atoms with Crippen LogP contribution in [0.2, 0.25) is 0 Å². The molecule has 0 aromatic heterocycles. The molecule has 1 aliphatic rings. The van der Waals surface area contributed by atoms with Crippen LogP contribution in [0.4, 0.5) is 0 Å². The summed E-state index contributed by atoms with van der Waals surface area (Å²) in [7, 11) is 5.71. The Hall–Kier alpha value is -1.43. The van der Waals surface area contributed by atoms with Gasteiger partial charge in [0.1, 0.15) is 0 Å². The van der Waals surface area contributed by atoms with Crippen LogP contribution >= 0.6 is 0 Å². The fraction of sp³-hybridized carbons (Fsp3) is 0.562. The first-order valence-corrected chi connectivity index (χ1v) is 7.36. The summed E-state index contributed by atoms with van der Waals surface area (Å²) in [6.45, 7) is 1.51. The van der Waals surface area contributed by atoms with Crippen molar-refractivity contribution in [1.82, 2.24) is 15.5 Å². The lowest BCUT2D eigenvalue weighted by Crippen LogP contribution is -2.44. The summed E-state index contributed by atoms with van der Waals surface area (Å²) in [6, 6.07) is 9.92. The fourth-order valence-corrected chi connectivity index (χ4v) is 2.64. The van der Waals surface area contributed by atoms with Gasteiger partial charge in [-0.05, 0) is 26.1 Å². The summed E-state index contributed by atoms with van der Waals surface area (Å²) in [6.07, 6.45) is 0.857. The molecule has 3 atom stereocenters. The van der Waals surface area contributed by atoms with Crippen molar-refractivity contribution in [3.8, 4) is 0 Å². The largest absolute Gasteiger partial charge is 0.380 e. The minimum atomic E-state index is -0.164. The maximum Gasteiger partial charge on any atom is 0.237 e. The van der Waals surface area contributed by atoms with Gasteiger partial charge in [0.2, 0.25) is 5.91 Å². The predicted octanol–water partition coefficient (Wildman–Crippen LogP) is 0.782. The maximum absolute atomic E-state index is 12.4. The molecule has 0 bridgehead atoms. The first-order chi connectivity index (χ1) is 10.1. The smallest absolute Gasteiger partial charge is 0.237 e. The van der Waals surface area contributed by atoms with Gasteiger partial charge in [-0.15, -0.1) is 0 Å². The molecule has 1 heterocycles. The number of methoxy groups -OCH3 is 1. The highest BCUT2D eigenvalue weighted by molar-refractivity contribution is 5.82. The van der Waals surface area contributed by atoms with Crippen LogP contribution in [0, 0.1) is 0 Å². The fourth-order valence-electron chi connectivity index (χ4n) is 2.64. The molecule has 116 valence electrons. The predicted molar refractivity (Wildman–Crippen MR) is 83.1 cm³/mol. The number of carbonyl (C=O) groups excluding carboxylic acids is 1. The molecule has 1 amide bonds. The topological polar surface area (TPSA) is 53.6 Å². The summed E-state index contributed by atoms with van der Waals surface area (Å²) in [5.41, 5.74) is 1.13. The second kappa shape index (κ2) is 7.54. The Labute approximate surface area is 126 Å². The Morgan fingerprint density at radius 1 is 1.43 bits per heavy atom. The van der Waals surface area contributed by atoms with E-state index in [0.717, 1.165) is 25.1 Å². The van der Waals surface area contributed by atoms with E-state index in [1.54, 1.807) is 7.11 Å². The molecular formula is C16H25N3O2. The lowest BCUT2D eigenvalue weighted by molar-refractivity contribution is -0.123. The lowest BCUT2D eigenvalue weighted by atomic mass is 10.1. The molecule has 1 aliphatic heterocycles. The molecule has 3 unspecified atom stereocenters. The number of nitrogens with zero attached hydrogens (tertiary/aromatic N) is 1. The minimum absolute atomic E-state index is 0.00269. The SMILES string of the molecule is COC1CNC(C(=O)NC(CN(C)C)c2ccccc2)C1. The van der Waals surface area contributed by atoms with Crippen molar-refractivity contribution in [3.63, 3.8) is 0 Å². The first kappa shape index (κ1) is 15.9. The highest BCUT2D eigenvalue weighted by Crippen LogP contribution is 2.15. The minimum Gasteiger partial charge on any atom is -0.380 e. The van der Waals surface area contributed by atoms with E-state index in [2.05, 4.69) is 27.7 Å². The van der Waals surface area contributed by atoms with Gasteiger partial charge in [0.05, 0.1) is 18.2 Å². The maximum atomic E-state index is 12.4. The highest BCUT2D eigenvalue weighted by atomic mass is 16.5. The van der Waals surface area contributed by atoms with E-state index >= 15 is 0 Å². The van der Waals surface area contributed by atoms with E-state index in [4.69, 9.17) is 4.74 Å². The summed E-state index contributed by atoms with van der Waals surface area (Å²) >= 11 is 0. The van der Waals surface area contributed by atoms with Gasteiger partial charge in [0.15, 0.2) is 0 Å². The zero-order valence-corrected chi connectivity index (χ0v) is 13.0. The molecular weight excluding hydrogens is 266 g/mol. The third-order valence-electron chi connectivity index (χ3n) is 3.81. The van der Waals surface area contributed by atoms with Gasteiger partial charge in [-0.25, -0.2) is 0 Å². The summed E-state index contributed by atoms with van der Waals surface area (Å²) in [5.74, 6) is 0.0465. The van der Waals surface area contributed by atoms with Crippen LogP contribution in [0.25, 0.3) is 0 Å². The van der Waals surface area contributed by atoms with E-state index in [1.165, 1.54) is 0 Å². The average Bonchev–Trinajstić information content (AvgIpc) is 2.96. The second-order valence-electron chi connectivity index (χ2n) is 5.79. The van der Waals surface area contributed by atoms with Gasteiger partial charge >= 0.3 is 0 Å². The lowest BCUT2D eigenvalue weighted by Gasteiger charge is -2.24. The second-order valence-corrected chi connectivity index (χ2v) is 5.79. The number of ether oxygens (including phenoxy) is 1. The van der Waals surface area contributed by atoms with E-state index < -0.39 is 0 Å². The Bertz CT molecular complexity index is 450. The molecule has 2 rings (SSSR count). The molecule has 5 nitrogen and oxygen atoms in total. The van der Waals surface area contributed by atoms with Crippen LogP contribution in [0.1, 0.15) is 18.0 Å². The Kier molecular flexibility index (Phi) is 5.73. The van der Waals surface area contributed by atoms with Crippen molar-refractivity contribution >= 4 is 5.91 Å². The van der Waals surface area contributed by atoms with Crippen LogP contribution in [0.15, 0.2) is 30.3 Å². The summed E-state index contributed by atoms with van der Waals surface area (Å²) < 4.78 is 5.29. The van der Waals surface area contributed by atoms with E-state index in [-0.39, 0.29) is 24.1 Å². The highest BCUT2D eigenvalue weighted by Gasteiger charge is 2.30. The molecule has 21 heavy (non-hydrogen) atoms. The number of amides is 1. The molecule has 1 saturated heterocycles. The zero-order valence-electron chi connectivity index (χ0n) is 13.0. The van der Waals surface area contributed by atoms with Crippen molar-refractivity contribution in [3.05, 3.63) is 35.9 Å². The molecule has 1 aromatic rings. The van der Waals surface area contributed by atoms with Gasteiger partial charge in [-0.2, -0.15) is 0 Å². The third-order valence-corrected chi connectivity index (χ3v) is 3.81. The molecule has 1 fully saturated rings. The first-order valence-electron chi connectivity index (χ1n) is 7.36. The molecule has 0 saturated carbocycles. The number of carbonyl (C=O) groups is 1. The average molecular weight is 291 g/mol. The number of nitrogens with one attached hydrogen (secondary N) is 2. The normalized spacial score (nSPS) is 23.2. The van der Waals surface area contributed by atoms with Gasteiger partial charge in [-0.3, -0.25) is 4.79 Å². The number of benzene rings is 1. The number of rotatable bonds is 6. The molecule has 5 heteroatoms. The molecule has 2 N–H and O–H groups in total. The van der Waals surface area contributed by atoms with Crippen LogP contribution in [-0.4, -0.2) is 57.2 Å². The summed E-state index contributed by atoms with van der Waals surface area (Å²) in [4.78, 5) is 14.5. The Morgan fingerprint density at radius 3 is 2.71 bits per heavy atom. The van der Waals surface area contributed by atoms with E-state index in [0.29, 0.717) is 0 Å². The van der Waals surface area contributed by atoms with Crippen LogP contribution < -0.4 is 10.6 Å². The van der Waals surface area contributed by atoms with Crippen molar-refractivity contribution in [2.45, 2.75) is 24.6 Å². The van der Waals surface area contributed by atoms with Gasteiger partial charge in [-0.1, -0.05) is 30.3 Å². The Balaban J connectivity index is 2.00. The van der Waals surface area contributed by atoms with Crippen LogP contribution in [0.3, 0.4) is 0 Å². The molecule has 0 aliphatic carbocycles. The quantitative estimate of drug-likeness (QED) is 0.813. The molecule has 0 radical (unpaired) electrons. The van der Waals surface area contributed by atoms with Gasteiger partial charge < -0.3 is 20.3 Å². The van der Waals surface area contributed by atoms with Crippen LogP contribution in [0.5, 0.6) is 0 Å². The monoisotopic (exact) mass is 291 g/mol. The van der Waals surface area contributed by atoms with Gasteiger partial charge in [0.25, 0.3) is 0 Å². The summed E-state index contributed by atoms with van der Waals surface area (Å²) in [5, 5.41) is 6.37. The third kappa shape index (κ3) is 4.52. The standard InChI is InChI=1S/C16H25N3O2/c1-19(2)11-15(12-7-5-4-6-8-12)18-16(20)14-9-13(21-3)10-17-14/h4-8,13-15,17H,9-11H2,1-3H3,(H,18,20). The van der Waals surface area contributed by atoms with E-state index in [9.17, 15) is 4.79 Å². The Morgan fingerprint density at radius 2 is 2.14 bits per heavy atom. The number of hydrogen-bond donors (Lipinski definition) is 2. The number of hydrogen-bond acceptors (Lipinski definition) is 4. The molecule has 1 aromatic carbocycles. The molecule has 0 spiro atoms. The van der Waals surface area contributed by atoms with Crippen LogP contribution in [-0.2, 0) is 9.53 Å². The zero-order chi connectivity index (χ0) is 15.2. The van der Waals surface area contributed by atoms with Crippen molar-refractivity contribution < 1.29 is 9.53 Å². The van der Waals surface area contributed by atoms with Crippen molar-refractivity contribution in [2.24, 2.45) is 0 Å². The van der Waals surface area contributed by atoms with E-state index in [1.807, 2.05) is 32.3 Å². The van der Waals surface area contributed by atoms with Gasteiger partial charge in [0, 0.05) is 20.2 Å².